The van der Waals surface area contributed by atoms with Crippen LogP contribution in [0.15, 0.2) is 47.6 Å². The number of amides is 2. The number of nitrogens with zero attached hydrogens (tertiary/aromatic N) is 1. The Morgan fingerprint density at radius 3 is 2.82 bits per heavy atom. The number of hydrogen-bond acceptors (Lipinski definition) is 3. The first-order chi connectivity index (χ1) is 10.6. The summed E-state index contributed by atoms with van der Waals surface area (Å²) in [5.41, 5.74) is 8.36. The number of halogens is 2. The average Bonchev–Trinajstić information content (AvgIpc) is 2.49. The van der Waals surface area contributed by atoms with Crippen molar-refractivity contribution in [3.63, 3.8) is 0 Å². The summed E-state index contributed by atoms with van der Waals surface area (Å²) >= 11 is 0. The van der Waals surface area contributed by atoms with Crippen LogP contribution in [0.4, 0.5) is 13.6 Å². The molecule has 0 bridgehead atoms. The molecule has 0 unspecified atom stereocenters. The zero-order chi connectivity index (χ0) is 15.9. The second-order valence-corrected chi connectivity index (χ2v) is 4.32. The fraction of sp³-hybridized carbons (Fsp3) is 0.0667. The van der Waals surface area contributed by atoms with Crippen LogP contribution in [-0.2, 0) is 6.61 Å². The Kier molecular flexibility index (Phi) is 5.02. The van der Waals surface area contributed by atoms with E-state index in [1.54, 1.807) is 24.3 Å². The molecular weight excluding hydrogens is 292 g/mol. The molecule has 0 fully saturated rings. The van der Waals surface area contributed by atoms with Crippen LogP contribution in [0.1, 0.15) is 11.1 Å². The van der Waals surface area contributed by atoms with E-state index in [0.29, 0.717) is 5.56 Å². The number of rotatable bonds is 5. The predicted molar refractivity (Wildman–Crippen MR) is 77.4 cm³/mol. The van der Waals surface area contributed by atoms with Crippen molar-refractivity contribution < 1.29 is 18.3 Å². The van der Waals surface area contributed by atoms with Crippen LogP contribution >= 0.6 is 0 Å². The lowest BCUT2D eigenvalue weighted by Gasteiger charge is -2.08. The number of primary amides is 1. The Morgan fingerprint density at radius 2 is 2.05 bits per heavy atom. The summed E-state index contributed by atoms with van der Waals surface area (Å²) in [5.74, 6) is -2.14. The van der Waals surface area contributed by atoms with Gasteiger partial charge in [0.2, 0.25) is 5.82 Å². The van der Waals surface area contributed by atoms with E-state index in [4.69, 9.17) is 10.5 Å². The Hall–Kier alpha value is -2.96. The molecule has 0 atom stereocenters. The van der Waals surface area contributed by atoms with Crippen molar-refractivity contribution in [1.82, 2.24) is 5.43 Å². The molecule has 22 heavy (non-hydrogen) atoms. The number of carbonyl (C=O) groups is 1. The molecule has 7 heteroatoms. The van der Waals surface area contributed by atoms with Gasteiger partial charge < -0.3 is 10.5 Å². The lowest BCUT2D eigenvalue weighted by atomic mass is 10.1. The first kappa shape index (κ1) is 15.4. The Bertz CT molecular complexity index is 705. The molecule has 0 aromatic heterocycles. The van der Waals surface area contributed by atoms with Gasteiger partial charge in [0.15, 0.2) is 11.6 Å². The molecule has 0 saturated heterocycles. The lowest BCUT2D eigenvalue weighted by molar-refractivity contribution is 0.249. The largest absolute Gasteiger partial charge is 0.486 e. The molecule has 0 aliphatic heterocycles. The van der Waals surface area contributed by atoms with Gasteiger partial charge in [-0.2, -0.15) is 9.49 Å². The van der Waals surface area contributed by atoms with Crippen molar-refractivity contribution in [1.29, 1.82) is 0 Å². The number of benzene rings is 2. The van der Waals surface area contributed by atoms with Gasteiger partial charge in [0.1, 0.15) is 6.61 Å². The first-order valence-electron chi connectivity index (χ1n) is 6.30. The van der Waals surface area contributed by atoms with Gasteiger partial charge in [-0.3, -0.25) is 0 Å². The number of hydrazone groups is 1. The van der Waals surface area contributed by atoms with Crippen LogP contribution in [0.2, 0.25) is 0 Å². The van der Waals surface area contributed by atoms with Crippen molar-refractivity contribution in [2.75, 3.05) is 0 Å². The summed E-state index contributed by atoms with van der Waals surface area (Å²) in [7, 11) is 0. The molecule has 3 N–H and O–H groups in total. The third-order valence-electron chi connectivity index (χ3n) is 2.65. The predicted octanol–water partition coefficient (Wildman–Crippen LogP) is 2.55. The monoisotopic (exact) mass is 305 g/mol. The van der Waals surface area contributed by atoms with Crippen molar-refractivity contribution >= 4 is 12.2 Å². The van der Waals surface area contributed by atoms with Crippen molar-refractivity contribution in [3.05, 3.63) is 65.2 Å². The van der Waals surface area contributed by atoms with Crippen LogP contribution in [0.3, 0.4) is 0 Å². The normalized spacial score (nSPS) is 10.6. The topological polar surface area (TPSA) is 76.7 Å². The molecular formula is C15H13F2N3O2. The summed E-state index contributed by atoms with van der Waals surface area (Å²) in [6, 6.07) is 9.94. The van der Waals surface area contributed by atoms with Crippen LogP contribution in [0.25, 0.3) is 0 Å². The van der Waals surface area contributed by atoms with Gasteiger partial charge in [0.05, 0.1) is 6.21 Å². The smallest absolute Gasteiger partial charge is 0.332 e. The maximum Gasteiger partial charge on any atom is 0.332 e. The van der Waals surface area contributed by atoms with E-state index in [0.717, 1.165) is 11.6 Å². The molecule has 2 amide bonds. The standard InChI is InChI=1S/C15H13F2N3O2/c16-12-5-2-6-13(14(12)17)22-9-11-4-1-3-10(7-11)8-19-20-15(18)21/h1-8H,9H2,(H3,18,20,21). The summed E-state index contributed by atoms with van der Waals surface area (Å²) < 4.78 is 31.8. The second-order valence-electron chi connectivity index (χ2n) is 4.32. The van der Waals surface area contributed by atoms with Crippen molar-refractivity contribution in [2.45, 2.75) is 6.61 Å². The van der Waals surface area contributed by atoms with Gasteiger partial charge in [-0.05, 0) is 29.3 Å². The Labute approximate surface area is 125 Å². The molecule has 0 heterocycles. The fourth-order valence-corrected chi connectivity index (χ4v) is 1.69. The van der Waals surface area contributed by atoms with Crippen LogP contribution in [0, 0.1) is 11.6 Å². The van der Waals surface area contributed by atoms with Crippen LogP contribution in [-0.4, -0.2) is 12.2 Å². The molecule has 2 aromatic rings. The summed E-state index contributed by atoms with van der Waals surface area (Å²) in [6.07, 6.45) is 1.40. The van der Waals surface area contributed by atoms with E-state index >= 15 is 0 Å². The fourth-order valence-electron chi connectivity index (χ4n) is 1.69. The number of carbonyl (C=O) groups excluding carboxylic acids is 1. The maximum absolute atomic E-state index is 13.5. The minimum atomic E-state index is -1.02. The number of ether oxygens (including phenoxy) is 1. The first-order valence-corrected chi connectivity index (χ1v) is 6.30. The number of urea groups is 1. The minimum absolute atomic E-state index is 0.0608. The van der Waals surface area contributed by atoms with E-state index in [2.05, 4.69) is 10.5 Å². The van der Waals surface area contributed by atoms with Crippen molar-refractivity contribution in [3.8, 4) is 5.75 Å². The summed E-state index contributed by atoms with van der Waals surface area (Å²) in [4.78, 5) is 10.5. The van der Waals surface area contributed by atoms with E-state index in [-0.39, 0.29) is 12.4 Å². The highest BCUT2D eigenvalue weighted by atomic mass is 19.2. The van der Waals surface area contributed by atoms with Crippen LogP contribution in [0.5, 0.6) is 5.75 Å². The second kappa shape index (κ2) is 7.16. The Morgan fingerprint density at radius 1 is 1.27 bits per heavy atom. The quantitative estimate of drug-likeness (QED) is 0.658. The number of nitrogens with one attached hydrogen (secondary N) is 1. The highest BCUT2D eigenvalue weighted by Gasteiger charge is 2.08. The SMILES string of the molecule is NC(=O)NN=Cc1cccc(COc2cccc(F)c2F)c1. The van der Waals surface area contributed by atoms with E-state index < -0.39 is 17.7 Å². The highest BCUT2D eigenvalue weighted by molar-refractivity contribution is 5.81. The van der Waals surface area contributed by atoms with Gasteiger partial charge in [0.25, 0.3) is 0 Å². The number of hydrogen-bond donors (Lipinski definition) is 2. The van der Waals surface area contributed by atoms with Gasteiger partial charge in [-0.15, -0.1) is 0 Å². The van der Waals surface area contributed by atoms with Gasteiger partial charge in [-0.1, -0.05) is 24.3 Å². The maximum atomic E-state index is 13.5. The van der Waals surface area contributed by atoms with E-state index in [1.807, 2.05) is 0 Å². The van der Waals surface area contributed by atoms with Gasteiger partial charge in [-0.25, -0.2) is 14.6 Å². The van der Waals surface area contributed by atoms with E-state index in [1.165, 1.54) is 18.3 Å². The molecule has 0 radical (unpaired) electrons. The molecule has 2 rings (SSSR count). The molecule has 114 valence electrons. The zero-order valence-electron chi connectivity index (χ0n) is 11.4. The highest BCUT2D eigenvalue weighted by Crippen LogP contribution is 2.20. The Balaban J connectivity index is 2.03. The van der Waals surface area contributed by atoms with Crippen LogP contribution < -0.4 is 15.9 Å². The molecule has 0 spiro atoms. The van der Waals surface area contributed by atoms with Crippen molar-refractivity contribution in [2.24, 2.45) is 10.8 Å². The van der Waals surface area contributed by atoms with Gasteiger partial charge in [0, 0.05) is 0 Å². The third kappa shape index (κ3) is 4.27. The lowest BCUT2D eigenvalue weighted by Crippen LogP contribution is -2.24. The molecule has 0 aliphatic rings. The molecule has 5 nitrogen and oxygen atoms in total. The number of nitrogens with two attached hydrogens (primary N) is 1. The minimum Gasteiger partial charge on any atom is -0.486 e. The average molecular weight is 305 g/mol. The molecule has 2 aromatic carbocycles. The third-order valence-corrected chi connectivity index (χ3v) is 2.65. The summed E-state index contributed by atoms with van der Waals surface area (Å²) in [5, 5.41) is 3.63. The van der Waals surface area contributed by atoms with Gasteiger partial charge >= 0.3 is 6.03 Å². The molecule has 0 saturated carbocycles. The van der Waals surface area contributed by atoms with E-state index in [9.17, 15) is 13.6 Å². The zero-order valence-corrected chi connectivity index (χ0v) is 11.4. The summed E-state index contributed by atoms with van der Waals surface area (Å²) in [6.45, 7) is 0.0608. The molecule has 0 aliphatic carbocycles.